The van der Waals surface area contributed by atoms with E-state index in [1.165, 1.54) is 0 Å². The van der Waals surface area contributed by atoms with Gasteiger partial charge in [0.2, 0.25) is 5.91 Å². The van der Waals surface area contributed by atoms with Crippen molar-refractivity contribution in [1.29, 1.82) is 0 Å². The highest BCUT2D eigenvalue weighted by atomic mass is 32.1. The molecule has 4 rings (SSSR count). The van der Waals surface area contributed by atoms with Crippen molar-refractivity contribution in [2.45, 2.75) is 12.0 Å². The molecule has 5 nitrogen and oxygen atoms in total. The van der Waals surface area contributed by atoms with Gasteiger partial charge in [-0.1, -0.05) is 6.07 Å². The van der Waals surface area contributed by atoms with Gasteiger partial charge in [-0.15, -0.1) is 11.3 Å². The molecule has 0 radical (unpaired) electrons. The number of pyridine rings is 1. The van der Waals surface area contributed by atoms with Crippen molar-refractivity contribution < 1.29 is 14.3 Å². The van der Waals surface area contributed by atoms with Crippen LogP contribution < -0.4 is 4.74 Å². The highest BCUT2D eigenvalue weighted by Crippen LogP contribution is 2.40. The molecule has 1 amide bonds. The summed E-state index contributed by atoms with van der Waals surface area (Å²) in [4.78, 5) is 19.3. The van der Waals surface area contributed by atoms with Gasteiger partial charge in [-0.25, -0.2) is 0 Å². The van der Waals surface area contributed by atoms with Gasteiger partial charge < -0.3 is 14.4 Å². The molecule has 1 atom stereocenters. The lowest BCUT2D eigenvalue weighted by molar-refractivity contribution is -0.162. The molecule has 0 aliphatic carbocycles. The van der Waals surface area contributed by atoms with Crippen LogP contribution in [0.15, 0.2) is 48.1 Å². The van der Waals surface area contributed by atoms with E-state index in [9.17, 15) is 4.79 Å². The average Bonchev–Trinajstić information content (AvgIpc) is 3.27. The van der Waals surface area contributed by atoms with Gasteiger partial charge in [0.25, 0.3) is 0 Å². The molecule has 2 saturated heterocycles. The lowest BCUT2D eigenvalue weighted by atomic mass is 9.81. The Morgan fingerprint density at radius 1 is 1.44 bits per heavy atom. The Bertz CT molecular complexity index is 739. The predicted octanol–water partition coefficient (Wildman–Crippen LogP) is 2.85. The van der Waals surface area contributed by atoms with Crippen LogP contribution in [0, 0.1) is 5.92 Å². The number of carbonyl (C=O) groups excluding carboxylic acids is 1. The van der Waals surface area contributed by atoms with Crippen LogP contribution in [-0.4, -0.2) is 47.7 Å². The number of thiophene rings is 1. The third kappa shape index (κ3) is 3.45. The number of nitrogens with zero attached hydrogens (tertiary/aromatic N) is 2. The quantitative estimate of drug-likeness (QED) is 0.773. The third-order valence-electron chi connectivity index (χ3n) is 4.85. The molecule has 2 aliphatic heterocycles. The van der Waals surface area contributed by atoms with E-state index in [-0.39, 0.29) is 11.5 Å². The Kier molecular flexibility index (Phi) is 4.55. The molecule has 2 aromatic heterocycles. The molecule has 0 bridgehead atoms. The first-order chi connectivity index (χ1) is 12.3. The SMILES string of the molecule is O=C(/C=C/c1cccs1)N1CC2(C1)OCCC2COc1cccnc1. The van der Waals surface area contributed by atoms with Gasteiger partial charge in [-0.3, -0.25) is 9.78 Å². The first kappa shape index (κ1) is 16.3. The summed E-state index contributed by atoms with van der Waals surface area (Å²) < 4.78 is 11.9. The van der Waals surface area contributed by atoms with Crippen molar-refractivity contribution in [3.8, 4) is 5.75 Å². The molecule has 1 unspecified atom stereocenters. The Morgan fingerprint density at radius 2 is 2.36 bits per heavy atom. The normalized spacial score (nSPS) is 21.6. The Hall–Kier alpha value is -2.18. The summed E-state index contributed by atoms with van der Waals surface area (Å²) in [6, 6.07) is 7.74. The first-order valence-corrected chi connectivity index (χ1v) is 9.30. The maximum absolute atomic E-state index is 12.3. The van der Waals surface area contributed by atoms with Gasteiger partial charge in [0.05, 0.1) is 25.9 Å². The smallest absolute Gasteiger partial charge is 0.246 e. The van der Waals surface area contributed by atoms with Crippen LogP contribution in [0.4, 0.5) is 0 Å². The number of ether oxygens (including phenoxy) is 2. The molecule has 25 heavy (non-hydrogen) atoms. The van der Waals surface area contributed by atoms with E-state index < -0.39 is 0 Å². The summed E-state index contributed by atoms with van der Waals surface area (Å²) in [5.74, 6) is 1.12. The molecule has 130 valence electrons. The van der Waals surface area contributed by atoms with E-state index in [0.29, 0.717) is 25.6 Å². The number of amides is 1. The Labute approximate surface area is 150 Å². The number of hydrogen-bond acceptors (Lipinski definition) is 5. The van der Waals surface area contributed by atoms with Crippen molar-refractivity contribution in [3.05, 3.63) is 53.0 Å². The van der Waals surface area contributed by atoms with Crippen molar-refractivity contribution in [1.82, 2.24) is 9.88 Å². The number of likely N-dealkylation sites (tertiary alicyclic amines) is 1. The highest BCUT2D eigenvalue weighted by molar-refractivity contribution is 7.10. The predicted molar refractivity (Wildman–Crippen MR) is 96.5 cm³/mol. The molecular formula is C19H20N2O3S. The van der Waals surface area contributed by atoms with Crippen molar-refractivity contribution in [3.63, 3.8) is 0 Å². The molecule has 6 heteroatoms. The summed E-state index contributed by atoms with van der Waals surface area (Å²) in [5, 5.41) is 2.00. The fourth-order valence-corrected chi connectivity index (χ4v) is 4.02. The Morgan fingerprint density at radius 3 is 3.12 bits per heavy atom. The largest absolute Gasteiger partial charge is 0.492 e. The number of aromatic nitrogens is 1. The molecule has 0 saturated carbocycles. The number of rotatable bonds is 5. The minimum absolute atomic E-state index is 0.0430. The van der Waals surface area contributed by atoms with Crippen LogP contribution in [-0.2, 0) is 9.53 Å². The van der Waals surface area contributed by atoms with E-state index in [0.717, 1.165) is 23.7 Å². The second-order valence-corrected chi connectivity index (χ2v) is 7.42. The number of carbonyl (C=O) groups is 1. The van der Waals surface area contributed by atoms with E-state index in [1.54, 1.807) is 29.8 Å². The maximum Gasteiger partial charge on any atom is 0.246 e. The standard InChI is InChI=1S/C19H20N2O3S/c22-18(6-5-17-4-2-10-25-17)21-13-19(14-21)15(7-9-24-19)12-23-16-3-1-8-20-11-16/h1-6,8,10-11,15H,7,9,12-14H2/b6-5+. The fraction of sp³-hybridized carbons (Fsp3) is 0.368. The van der Waals surface area contributed by atoms with Crippen LogP contribution in [0.2, 0.25) is 0 Å². The monoisotopic (exact) mass is 356 g/mol. The molecule has 1 spiro atoms. The first-order valence-electron chi connectivity index (χ1n) is 8.42. The van der Waals surface area contributed by atoms with Gasteiger partial charge in [0.15, 0.2) is 0 Å². The van der Waals surface area contributed by atoms with Gasteiger partial charge in [0.1, 0.15) is 11.4 Å². The minimum Gasteiger partial charge on any atom is -0.492 e. The fourth-order valence-electron chi connectivity index (χ4n) is 3.40. The van der Waals surface area contributed by atoms with Crippen LogP contribution in [0.25, 0.3) is 6.08 Å². The summed E-state index contributed by atoms with van der Waals surface area (Å²) in [6.07, 6.45) is 7.93. The van der Waals surface area contributed by atoms with E-state index in [2.05, 4.69) is 4.98 Å². The van der Waals surface area contributed by atoms with Gasteiger partial charge >= 0.3 is 0 Å². The second kappa shape index (κ2) is 6.98. The third-order valence-corrected chi connectivity index (χ3v) is 5.69. The Balaban J connectivity index is 1.31. The summed E-state index contributed by atoms with van der Waals surface area (Å²) in [7, 11) is 0. The summed E-state index contributed by atoms with van der Waals surface area (Å²) in [5.41, 5.74) is -0.241. The van der Waals surface area contributed by atoms with Gasteiger partial charge in [-0.05, 0) is 36.1 Å². The topological polar surface area (TPSA) is 51.7 Å². The van der Waals surface area contributed by atoms with Crippen molar-refractivity contribution >= 4 is 23.3 Å². The molecule has 2 aromatic rings. The van der Waals surface area contributed by atoms with Gasteiger partial charge in [0, 0.05) is 29.7 Å². The van der Waals surface area contributed by atoms with Crippen molar-refractivity contribution in [2.75, 3.05) is 26.3 Å². The lowest BCUT2D eigenvalue weighted by Gasteiger charge is -2.49. The zero-order chi connectivity index (χ0) is 17.1. The maximum atomic E-state index is 12.3. The summed E-state index contributed by atoms with van der Waals surface area (Å²) >= 11 is 1.62. The van der Waals surface area contributed by atoms with Crippen LogP contribution in [0.1, 0.15) is 11.3 Å². The molecule has 0 aromatic carbocycles. The molecule has 2 aliphatic rings. The molecule has 4 heterocycles. The second-order valence-electron chi connectivity index (χ2n) is 6.44. The van der Waals surface area contributed by atoms with Crippen molar-refractivity contribution in [2.24, 2.45) is 5.92 Å². The van der Waals surface area contributed by atoms with Crippen LogP contribution in [0.5, 0.6) is 5.75 Å². The van der Waals surface area contributed by atoms with E-state index in [4.69, 9.17) is 9.47 Å². The van der Waals surface area contributed by atoms with E-state index >= 15 is 0 Å². The molecule has 0 N–H and O–H groups in total. The highest BCUT2D eigenvalue weighted by Gasteiger charge is 2.54. The average molecular weight is 356 g/mol. The number of hydrogen-bond donors (Lipinski definition) is 0. The molecular weight excluding hydrogens is 336 g/mol. The zero-order valence-corrected chi connectivity index (χ0v) is 14.7. The summed E-state index contributed by atoms with van der Waals surface area (Å²) in [6.45, 7) is 2.61. The van der Waals surface area contributed by atoms with Crippen LogP contribution in [0.3, 0.4) is 0 Å². The van der Waals surface area contributed by atoms with Gasteiger partial charge in [-0.2, -0.15) is 0 Å². The lowest BCUT2D eigenvalue weighted by Crippen LogP contribution is -2.66. The molecule has 2 fully saturated rings. The van der Waals surface area contributed by atoms with E-state index in [1.807, 2.05) is 40.6 Å². The van der Waals surface area contributed by atoms with Crippen LogP contribution >= 0.6 is 11.3 Å². The minimum atomic E-state index is -0.241. The zero-order valence-electron chi connectivity index (χ0n) is 13.8.